The first-order valence-corrected chi connectivity index (χ1v) is 4.94. The van der Waals surface area contributed by atoms with Crippen molar-refractivity contribution < 1.29 is 4.74 Å². The number of hydrogen-bond acceptors (Lipinski definition) is 2. The maximum atomic E-state index is 5.52. The van der Waals surface area contributed by atoms with Crippen molar-refractivity contribution in [2.45, 2.75) is 13.5 Å². The summed E-state index contributed by atoms with van der Waals surface area (Å²) in [5.74, 6) is 0.665. The zero-order chi connectivity index (χ0) is 10.5. The molecule has 0 fully saturated rings. The van der Waals surface area contributed by atoms with E-state index in [2.05, 4.69) is 36.2 Å². The third-order valence-electron chi connectivity index (χ3n) is 2.15. The van der Waals surface area contributed by atoms with Crippen molar-refractivity contribution in [3.8, 4) is 5.88 Å². The van der Waals surface area contributed by atoms with Crippen LogP contribution in [0, 0.1) is 6.92 Å². The van der Waals surface area contributed by atoms with Gasteiger partial charge in [-0.25, -0.2) is 4.98 Å². The summed E-state index contributed by atoms with van der Waals surface area (Å²) in [6, 6.07) is 13.9. The highest BCUT2D eigenvalue weighted by Crippen LogP contribution is 2.08. The maximum Gasteiger partial charge on any atom is 0.213 e. The average molecular weight is 199 g/mol. The number of aryl methyl sites for hydroxylation is 1. The first kappa shape index (κ1) is 9.71. The summed E-state index contributed by atoms with van der Waals surface area (Å²) in [5.41, 5.74) is 2.42. The van der Waals surface area contributed by atoms with E-state index in [1.165, 1.54) is 5.56 Å². The SMILES string of the molecule is Cc1ccc(COc2ccccn2)cc1. The standard InChI is InChI=1S/C13H13NO/c1-11-5-7-12(8-6-11)10-15-13-4-2-3-9-14-13/h2-9H,10H2,1H3. The minimum Gasteiger partial charge on any atom is -0.473 e. The minimum atomic E-state index is 0.567. The van der Waals surface area contributed by atoms with Crippen molar-refractivity contribution in [1.29, 1.82) is 0 Å². The van der Waals surface area contributed by atoms with Gasteiger partial charge in [-0.3, -0.25) is 0 Å². The van der Waals surface area contributed by atoms with Crippen LogP contribution in [0.3, 0.4) is 0 Å². The third kappa shape index (κ3) is 2.81. The summed E-state index contributed by atoms with van der Waals surface area (Å²) >= 11 is 0. The van der Waals surface area contributed by atoms with Crippen molar-refractivity contribution >= 4 is 0 Å². The van der Waals surface area contributed by atoms with Gasteiger partial charge < -0.3 is 4.74 Å². The molecule has 1 aromatic carbocycles. The summed E-state index contributed by atoms with van der Waals surface area (Å²) in [5, 5.41) is 0. The van der Waals surface area contributed by atoms with E-state index in [4.69, 9.17) is 4.74 Å². The van der Waals surface area contributed by atoms with Gasteiger partial charge in [-0.2, -0.15) is 0 Å². The number of aromatic nitrogens is 1. The molecule has 2 aromatic rings. The van der Waals surface area contributed by atoms with E-state index in [0.717, 1.165) is 5.56 Å². The van der Waals surface area contributed by atoms with Crippen LogP contribution in [0.4, 0.5) is 0 Å². The van der Waals surface area contributed by atoms with E-state index in [1.807, 2.05) is 18.2 Å². The summed E-state index contributed by atoms with van der Waals surface area (Å²) in [4.78, 5) is 4.09. The fourth-order valence-corrected chi connectivity index (χ4v) is 1.27. The minimum absolute atomic E-state index is 0.567. The molecular weight excluding hydrogens is 186 g/mol. The number of benzene rings is 1. The highest BCUT2D eigenvalue weighted by molar-refractivity contribution is 5.21. The molecule has 0 spiro atoms. The fourth-order valence-electron chi connectivity index (χ4n) is 1.27. The number of pyridine rings is 1. The van der Waals surface area contributed by atoms with E-state index >= 15 is 0 Å². The second kappa shape index (κ2) is 4.60. The van der Waals surface area contributed by atoms with Crippen LogP contribution in [-0.2, 0) is 6.61 Å². The van der Waals surface area contributed by atoms with Crippen LogP contribution >= 0.6 is 0 Å². The van der Waals surface area contributed by atoms with Crippen LogP contribution in [0.25, 0.3) is 0 Å². The fraction of sp³-hybridized carbons (Fsp3) is 0.154. The molecule has 76 valence electrons. The summed E-state index contributed by atoms with van der Waals surface area (Å²) < 4.78 is 5.52. The van der Waals surface area contributed by atoms with Crippen LogP contribution in [0.1, 0.15) is 11.1 Å². The van der Waals surface area contributed by atoms with Crippen molar-refractivity contribution in [2.24, 2.45) is 0 Å². The molecule has 0 saturated carbocycles. The molecule has 0 bridgehead atoms. The molecule has 0 saturated heterocycles. The van der Waals surface area contributed by atoms with Gasteiger partial charge >= 0.3 is 0 Å². The lowest BCUT2D eigenvalue weighted by molar-refractivity contribution is 0.294. The number of nitrogens with zero attached hydrogens (tertiary/aromatic N) is 1. The molecule has 0 aliphatic rings. The predicted octanol–water partition coefficient (Wildman–Crippen LogP) is 2.97. The van der Waals surface area contributed by atoms with E-state index in [9.17, 15) is 0 Å². The first-order valence-electron chi connectivity index (χ1n) is 4.94. The highest BCUT2D eigenvalue weighted by atomic mass is 16.5. The van der Waals surface area contributed by atoms with Gasteiger partial charge in [-0.15, -0.1) is 0 Å². The molecule has 0 radical (unpaired) electrons. The van der Waals surface area contributed by atoms with Gasteiger partial charge in [0.05, 0.1) is 0 Å². The second-order valence-electron chi connectivity index (χ2n) is 3.44. The smallest absolute Gasteiger partial charge is 0.213 e. The Morgan fingerprint density at radius 1 is 1.07 bits per heavy atom. The average Bonchev–Trinajstić information content (AvgIpc) is 2.30. The first-order chi connectivity index (χ1) is 7.34. The maximum absolute atomic E-state index is 5.52. The molecule has 1 heterocycles. The molecule has 2 rings (SSSR count). The van der Waals surface area contributed by atoms with Crippen molar-refractivity contribution in [1.82, 2.24) is 4.98 Å². The number of ether oxygens (including phenoxy) is 1. The quantitative estimate of drug-likeness (QED) is 0.758. The second-order valence-corrected chi connectivity index (χ2v) is 3.44. The monoisotopic (exact) mass is 199 g/mol. The van der Waals surface area contributed by atoms with E-state index in [0.29, 0.717) is 12.5 Å². The molecule has 0 amide bonds. The lowest BCUT2D eigenvalue weighted by Gasteiger charge is -2.04. The van der Waals surface area contributed by atoms with Crippen molar-refractivity contribution in [3.05, 3.63) is 59.8 Å². The molecule has 0 N–H and O–H groups in total. The van der Waals surface area contributed by atoms with E-state index in [1.54, 1.807) is 6.20 Å². The van der Waals surface area contributed by atoms with Gasteiger partial charge in [0.2, 0.25) is 5.88 Å². The number of rotatable bonds is 3. The van der Waals surface area contributed by atoms with E-state index < -0.39 is 0 Å². The molecule has 0 unspecified atom stereocenters. The number of hydrogen-bond donors (Lipinski definition) is 0. The Kier molecular flexibility index (Phi) is 2.98. The zero-order valence-corrected chi connectivity index (χ0v) is 8.68. The Morgan fingerprint density at radius 2 is 1.87 bits per heavy atom. The Balaban J connectivity index is 1.96. The lowest BCUT2D eigenvalue weighted by Crippen LogP contribution is -1.96. The van der Waals surface area contributed by atoms with Crippen LogP contribution in [0.2, 0.25) is 0 Å². The normalized spacial score (nSPS) is 9.93. The molecule has 0 aliphatic carbocycles. The molecule has 0 aliphatic heterocycles. The van der Waals surface area contributed by atoms with Gasteiger partial charge in [-0.1, -0.05) is 35.9 Å². The summed E-state index contributed by atoms with van der Waals surface area (Å²) in [6.07, 6.45) is 1.73. The summed E-state index contributed by atoms with van der Waals surface area (Å²) in [6.45, 7) is 2.64. The molecule has 15 heavy (non-hydrogen) atoms. The van der Waals surface area contributed by atoms with Crippen LogP contribution in [0.5, 0.6) is 5.88 Å². The summed E-state index contributed by atoms with van der Waals surface area (Å²) in [7, 11) is 0. The lowest BCUT2D eigenvalue weighted by atomic mass is 10.2. The van der Waals surface area contributed by atoms with Crippen LogP contribution in [-0.4, -0.2) is 4.98 Å². The Morgan fingerprint density at radius 3 is 2.53 bits per heavy atom. The molecule has 1 aromatic heterocycles. The van der Waals surface area contributed by atoms with Gasteiger partial charge in [0.1, 0.15) is 6.61 Å². The predicted molar refractivity (Wildman–Crippen MR) is 59.7 cm³/mol. The topological polar surface area (TPSA) is 22.1 Å². The zero-order valence-electron chi connectivity index (χ0n) is 8.68. The largest absolute Gasteiger partial charge is 0.473 e. The van der Waals surface area contributed by atoms with Crippen LogP contribution in [0.15, 0.2) is 48.7 Å². The van der Waals surface area contributed by atoms with Gasteiger partial charge in [0, 0.05) is 12.3 Å². The molecular formula is C13H13NO. The van der Waals surface area contributed by atoms with E-state index in [-0.39, 0.29) is 0 Å². The van der Waals surface area contributed by atoms with Gasteiger partial charge in [-0.05, 0) is 18.6 Å². The van der Waals surface area contributed by atoms with Gasteiger partial charge in [0.25, 0.3) is 0 Å². The third-order valence-corrected chi connectivity index (χ3v) is 2.15. The highest BCUT2D eigenvalue weighted by Gasteiger charge is 1.95. The van der Waals surface area contributed by atoms with Crippen LogP contribution < -0.4 is 4.74 Å². The van der Waals surface area contributed by atoms with Crippen molar-refractivity contribution in [3.63, 3.8) is 0 Å². The molecule has 2 heteroatoms. The Bertz CT molecular complexity index is 408. The Hall–Kier alpha value is -1.83. The van der Waals surface area contributed by atoms with Crippen molar-refractivity contribution in [2.75, 3.05) is 0 Å². The Labute approximate surface area is 89.6 Å². The molecule has 0 atom stereocenters. The van der Waals surface area contributed by atoms with Gasteiger partial charge in [0.15, 0.2) is 0 Å². The molecule has 2 nitrogen and oxygen atoms in total.